The van der Waals surface area contributed by atoms with Crippen molar-refractivity contribution in [3.05, 3.63) is 62.6 Å². The molecule has 1 saturated heterocycles. The summed E-state index contributed by atoms with van der Waals surface area (Å²) in [7, 11) is 0. The summed E-state index contributed by atoms with van der Waals surface area (Å²) in [6.45, 7) is 0.116. The summed E-state index contributed by atoms with van der Waals surface area (Å²) in [6, 6.07) is 9.88. The maximum atomic E-state index is 12.3. The van der Waals surface area contributed by atoms with Gasteiger partial charge in [0.05, 0.1) is 21.6 Å². The van der Waals surface area contributed by atoms with Crippen LogP contribution in [0.1, 0.15) is 6.42 Å². The van der Waals surface area contributed by atoms with Crippen molar-refractivity contribution < 1.29 is 19.2 Å². The van der Waals surface area contributed by atoms with Crippen LogP contribution in [0, 0.1) is 16.0 Å². The lowest BCUT2D eigenvalue weighted by molar-refractivity contribution is -0.384. The predicted molar refractivity (Wildman–Crippen MR) is 95.7 cm³/mol. The first kappa shape index (κ1) is 18.2. The van der Waals surface area contributed by atoms with Gasteiger partial charge in [-0.15, -0.1) is 0 Å². The van der Waals surface area contributed by atoms with E-state index in [0.29, 0.717) is 15.7 Å². The van der Waals surface area contributed by atoms with E-state index in [1.165, 1.54) is 29.2 Å². The number of nitro benzene ring substituents is 1. The second-order valence-electron chi connectivity index (χ2n) is 5.67. The third kappa shape index (κ3) is 3.79. The van der Waals surface area contributed by atoms with Crippen LogP contribution >= 0.6 is 23.2 Å². The fourth-order valence-corrected chi connectivity index (χ4v) is 3.01. The molecule has 1 fully saturated rings. The van der Waals surface area contributed by atoms with Crippen molar-refractivity contribution in [2.45, 2.75) is 6.42 Å². The number of nitrogens with zero attached hydrogens (tertiary/aromatic N) is 2. The Morgan fingerprint density at radius 3 is 2.54 bits per heavy atom. The van der Waals surface area contributed by atoms with E-state index in [9.17, 15) is 19.7 Å². The van der Waals surface area contributed by atoms with Crippen molar-refractivity contribution in [1.29, 1.82) is 0 Å². The largest absolute Gasteiger partial charge is 0.426 e. The Morgan fingerprint density at radius 2 is 1.88 bits per heavy atom. The topological polar surface area (TPSA) is 89.7 Å². The van der Waals surface area contributed by atoms with E-state index < -0.39 is 16.8 Å². The summed E-state index contributed by atoms with van der Waals surface area (Å²) in [5, 5.41) is 11.4. The molecule has 0 N–H and O–H groups in total. The van der Waals surface area contributed by atoms with Crippen LogP contribution in [-0.4, -0.2) is 23.3 Å². The minimum Gasteiger partial charge on any atom is -0.426 e. The highest BCUT2D eigenvalue weighted by molar-refractivity contribution is 6.35. The minimum atomic E-state index is -0.673. The number of carbonyl (C=O) groups is 2. The molecule has 1 amide bonds. The van der Waals surface area contributed by atoms with Crippen LogP contribution < -0.4 is 9.64 Å². The van der Waals surface area contributed by atoms with Crippen molar-refractivity contribution >= 4 is 46.5 Å². The fourth-order valence-electron chi connectivity index (χ4n) is 2.63. The number of hydrogen-bond donors (Lipinski definition) is 0. The molecule has 0 bridgehead atoms. The zero-order chi connectivity index (χ0) is 18.8. The number of rotatable bonds is 4. The van der Waals surface area contributed by atoms with Crippen molar-refractivity contribution in [3.8, 4) is 5.75 Å². The standard InChI is InChI=1S/C17H12Cl2N2O5/c18-11-1-6-14(19)15(8-11)20-9-10(7-16(20)22)17(23)26-13-4-2-12(3-5-13)21(24)25/h1-6,8,10H,7,9H2/t10-/m1/s1. The van der Waals surface area contributed by atoms with Gasteiger partial charge >= 0.3 is 5.97 Å². The molecule has 0 aromatic heterocycles. The van der Waals surface area contributed by atoms with Gasteiger partial charge in [-0.1, -0.05) is 23.2 Å². The van der Waals surface area contributed by atoms with Crippen LogP contribution in [0.3, 0.4) is 0 Å². The molecule has 0 unspecified atom stereocenters. The summed E-state index contributed by atoms with van der Waals surface area (Å²) in [6.07, 6.45) is -0.0192. The number of non-ortho nitro benzene ring substituents is 1. The van der Waals surface area contributed by atoms with Gasteiger partial charge in [0.2, 0.25) is 5.91 Å². The first-order chi connectivity index (χ1) is 12.3. The van der Waals surface area contributed by atoms with Gasteiger partial charge in [-0.25, -0.2) is 0 Å². The Morgan fingerprint density at radius 1 is 1.19 bits per heavy atom. The van der Waals surface area contributed by atoms with Gasteiger partial charge in [0.15, 0.2) is 0 Å². The first-order valence-corrected chi connectivity index (χ1v) is 8.32. The molecule has 1 aliphatic heterocycles. The molecule has 0 spiro atoms. The monoisotopic (exact) mass is 394 g/mol. The molecule has 7 nitrogen and oxygen atoms in total. The van der Waals surface area contributed by atoms with E-state index in [4.69, 9.17) is 27.9 Å². The van der Waals surface area contributed by atoms with Gasteiger partial charge in [-0.3, -0.25) is 19.7 Å². The third-order valence-electron chi connectivity index (χ3n) is 3.92. The summed E-state index contributed by atoms with van der Waals surface area (Å²) in [4.78, 5) is 36.1. The van der Waals surface area contributed by atoms with Crippen LogP contribution in [0.2, 0.25) is 10.0 Å². The summed E-state index contributed by atoms with van der Waals surface area (Å²) >= 11 is 12.1. The Kier molecular flexibility index (Phi) is 5.11. The highest BCUT2D eigenvalue weighted by Crippen LogP contribution is 2.34. The number of halogens is 2. The fraction of sp³-hybridized carbons (Fsp3) is 0.176. The number of esters is 1. The molecular formula is C17H12Cl2N2O5. The van der Waals surface area contributed by atoms with E-state index in [0.717, 1.165) is 0 Å². The van der Waals surface area contributed by atoms with E-state index in [2.05, 4.69) is 0 Å². The minimum absolute atomic E-state index is 0.0192. The molecular weight excluding hydrogens is 383 g/mol. The van der Waals surface area contributed by atoms with Crippen molar-refractivity contribution in [2.75, 3.05) is 11.4 Å². The Bertz CT molecular complexity index is 885. The molecule has 9 heteroatoms. The van der Waals surface area contributed by atoms with E-state index in [1.807, 2.05) is 0 Å². The Balaban J connectivity index is 1.70. The first-order valence-electron chi connectivity index (χ1n) is 7.56. The number of ether oxygens (including phenoxy) is 1. The number of hydrogen-bond acceptors (Lipinski definition) is 5. The number of benzene rings is 2. The number of nitro groups is 1. The van der Waals surface area contributed by atoms with E-state index in [1.54, 1.807) is 18.2 Å². The van der Waals surface area contributed by atoms with Gasteiger partial charge in [0.1, 0.15) is 5.75 Å². The molecule has 134 valence electrons. The van der Waals surface area contributed by atoms with Crippen LogP contribution in [-0.2, 0) is 9.59 Å². The summed E-state index contributed by atoms with van der Waals surface area (Å²) in [5.74, 6) is -1.35. The van der Waals surface area contributed by atoms with Gasteiger partial charge < -0.3 is 9.64 Å². The normalized spacial score (nSPS) is 16.6. The zero-order valence-corrected chi connectivity index (χ0v) is 14.7. The predicted octanol–water partition coefficient (Wildman–Crippen LogP) is 3.86. The average molecular weight is 395 g/mol. The summed E-state index contributed by atoms with van der Waals surface area (Å²) < 4.78 is 5.22. The maximum Gasteiger partial charge on any atom is 0.316 e. The lowest BCUT2D eigenvalue weighted by Gasteiger charge is -2.18. The molecule has 1 aliphatic rings. The molecule has 0 saturated carbocycles. The molecule has 0 aliphatic carbocycles. The zero-order valence-electron chi connectivity index (χ0n) is 13.2. The highest BCUT2D eigenvalue weighted by Gasteiger charge is 2.37. The lowest BCUT2D eigenvalue weighted by Crippen LogP contribution is -2.27. The molecule has 2 aromatic carbocycles. The molecule has 1 heterocycles. The van der Waals surface area contributed by atoms with E-state index >= 15 is 0 Å². The quantitative estimate of drug-likeness (QED) is 0.339. The number of carbonyl (C=O) groups excluding carboxylic acids is 2. The third-order valence-corrected chi connectivity index (χ3v) is 4.48. The van der Waals surface area contributed by atoms with Gasteiger partial charge in [-0.2, -0.15) is 0 Å². The number of amides is 1. The Hall–Kier alpha value is -2.64. The summed E-state index contributed by atoms with van der Waals surface area (Å²) in [5.41, 5.74) is 0.331. The van der Waals surface area contributed by atoms with Crippen molar-refractivity contribution in [1.82, 2.24) is 0 Å². The number of anilines is 1. The smallest absolute Gasteiger partial charge is 0.316 e. The van der Waals surface area contributed by atoms with Crippen LogP contribution in [0.5, 0.6) is 5.75 Å². The van der Waals surface area contributed by atoms with Crippen LogP contribution in [0.4, 0.5) is 11.4 Å². The molecule has 26 heavy (non-hydrogen) atoms. The van der Waals surface area contributed by atoms with Crippen LogP contribution in [0.25, 0.3) is 0 Å². The Labute approximate surface area is 158 Å². The van der Waals surface area contributed by atoms with Gasteiger partial charge in [0.25, 0.3) is 5.69 Å². The second-order valence-corrected chi connectivity index (χ2v) is 6.52. The molecule has 1 atom stereocenters. The lowest BCUT2D eigenvalue weighted by atomic mass is 10.1. The molecule has 3 rings (SSSR count). The van der Waals surface area contributed by atoms with Crippen molar-refractivity contribution in [2.24, 2.45) is 5.92 Å². The SMILES string of the molecule is O=C(Oc1ccc([N+](=O)[O-])cc1)[C@@H]1CC(=O)N(c2cc(Cl)ccc2Cl)C1. The van der Waals surface area contributed by atoms with Crippen LogP contribution in [0.15, 0.2) is 42.5 Å². The van der Waals surface area contributed by atoms with Gasteiger partial charge in [0, 0.05) is 30.1 Å². The molecule has 0 radical (unpaired) electrons. The maximum absolute atomic E-state index is 12.3. The van der Waals surface area contributed by atoms with Gasteiger partial charge in [-0.05, 0) is 30.3 Å². The van der Waals surface area contributed by atoms with Crippen molar-refractivity contribution in [3.63, 3.8) is 0 Å². The highest BCUT2D eigenvalue weighted by atomic mass is 35.5. The van der Waals surface area contributed by atoms with E-state index in [-0.39, 0.29) is 30.3 Å². The average Bonchev–Trinajstić information content (AvgIpc) is 2.99. The second kappa shape index (κ2) is 7.31. The molecule has 2 aromatic rings.